The lowest BCUT2D eigenvalue weighted by molar-refractivity contribution is 0.102. The second kappa shape index (κ2) is 6.69. The number of nitrogens with one attached hydrogen (secondary N) is 1. The number of amides is 1. The highest BCUT2D eigenvalue weighted by molar-refractivity contribution is 6.21. The normalized spacial score (nSPS) is 10.6. The van der Waals surface area contributed by atoms with E-state index >= 15 is 0 Å². The summed E-state index contributed by atoms with van der Waals surface area (Å²) in [5, 5.41) is 3.41. The molecule has 3 aromatic carbocycles. The molecule has 126 valence electrons. The number of fused-ring (bicyclic) bond motifs is 1. The smallest absolute Gasteiger partial charge is 0.257 e. The number of hydrogen-bond donors (Lipinski definition) is 1. The minimum absolute atomic E-state index is 0.161. The fourth-order valence-electron chi connectivity index (χ4n) is 2.86. The summed E-state index contributed by atoms with van der Waals surface area (Å²) < 4.78 is 5.78. The van der Waals surface area contributed by atoms with Crippen LogP contribution in [-0.4, -0.2) is 11.7 Å². The molecule has 0 fully saturated rings. The third-order valence-corrected chi connectivity index (χ3v) is 4.12. The molecule has 0 bridgehead atoms. The molecule has 4 heteroatoms. The molecule has 0 unspecified atom stereocenters. The standard InChI is InChI=1S/C22H15NO3/c24-20(15-9-3-1-4-10-15)19-17-13-7-8-14-18(17)26-22(19)23-21(25)16-11-5-2-6-12-16/h1-14H,(H,23,25). The lowest BCUT2D eigenvalue weighted by Gasteiger charge is -2.05. The first kappa shape index (κ1) is 15.8. The van der Waals surface area contributed by atoms with Gasteiger partial charge in [0, 0.05) is 16.5 Å². The van der Waals surface area contributed by atoms with Gasteiger partial charge in [-0.05, 0) is 18.2 Å². The first-order valence-corrected chi connectivity index (χ1v) is 8.22. The van der Waals surface area contributed by atoms with E-state index in [1.807, 2.05) is 30.3 Å². The van der Waals surface area contributed by atoms with Crippen molar-refractivity contribution in [1.82, 2.24) is 0 Å². The van der Waals surface area contributed by atoms with E-state index in [9.17, 15) is 9.59 Å². The van der Waals surface area contributed by atoms with Crippen molar-refractivity contribution < 1.29 is 14.0 Å². The van der Waals surface area contributed by atoms with E-state index < -0.39 is 0 Å². The van der Waals surface area contributed by atoms with E-state index in [-0.39, 0.29) is 17.6 Å². The number of rotatable bonds is 4. The number of benzene rings is 3. The minimum Gasteiger partial charge on any atom is -0.439 e. The summed E-state index contributed by atoms with van der Waals surface area (Å²) in [6.07, 6.45) is 0. The molecule has 4 aromatic rings. The topological polar surface area (TPSA) is 59.3 Å². The fraction of sp³-hybridized carbons (Fsp3) is 0. The van der Waals surface area contributed by atoms with Gasteiger partial charge in [0.2, 0.25) is 5.88 Å². The van der Waals surface area contributed by atoms with Crippen LogP contribution in [0.25, 0.3) is 11.0 Å². The van der Waals surface area contributed by atoms with E-state index in [4.69, 9.17) is 4.42 Å². The Hall–Kier alpha value is -3.66. The van der Waals surface area contributed by atoms with Gasteiger partial charge in [-0.1, -0.05) is 66.7 Å². The van der Waals surface area contributed by atoms with Crippen LogP contribution in [0, 0.1) is 0 Å². The molecule has 0 spiro atoms. The zero-order valence-electron chi connectivity index (χ0n) is 13.8. The van der Waals surface area contributed by atoms with Crippen LogP contribution in [0.5, 0.6) is 0 Å². The second-order valence-corrected chi connectivity index (χ2v) is 5.82. The summed E-state index contributed by atoms with van der Waals surface area (Å²) >= 11 is 0. The number of furan rings is 1. The van der Waals surface area contributed by atoms with E-state index in [1.54, 1.807) is 54.6 Å². The zero-order chi connectivity index (χ0) is 17.9. The molecule has 1 heterocycles. The first-order valence-electron chi connectivity index (χ1n) is 8.22. The van der Waals surface area contributed by atoms with E-state index in [0.717, 1.165) is 0 Å². The highest BCUT2D eigenvalue weighted by atomic mass is 16.4. The van der Waals surface area contributed by atoms with Crippen LogP contribution >= 0.6 is 0 Å². The maximum absolute atomic E-state index is 13.0. The summed E-state index contributed by atoms with van der Waals surface area (Å²) in [5.74, 6) is -0.361. The molecule has 0 radical (unpaired) electrons. The van der Waals surface area contributed by atoms with Crippen LogP contribution in [-0.2, 0) is 0 Å². The van der Waals surface area contributed by atoms with Crippen molar-refractivity contribution in [2.75, 3.05) is 5.32 Å². The molecule has 1 N–H and O–H groups in total. The molecule has 0 atom stereocenters. The van der Waals surface area contributed by atoms with Crippen molar-refractivity contribution in [2.24, 2.45) is 0 Å². The van der Waals surface area contributed by atoms with Gasteiger partial charge >= 0.3 is 0 Å². The number of anilines is 1. The quantitative estimate of drug-likeness (QED) is 0.536. The van der Waals surface area contributed by atoms with E-state index in [1.165, 1.54) is 0 Å². The summed E-state index contributed by atoms with van der Waals surface area (Å²) in [6, 6.07) is 25.0. The molecule has 0 aliphatic heterocycles. The summed E-state index contributed by atoms with van der Waals surface area (Å²) in [6.45, 7) is 0. The SMILES string of the molecule is O=C(Nc1oc2ccccc2c1C(=O)c1ccccc1)c1ccccc1. The van der Waals surface area contributed by atoms with Gasteiger partial charge in [-0.3, -0.25) is 14.9 Å². The zero-order valence-corrected chi connectivity index (χ0v) is 13.8. The Bertz CT molecular complexity index is 1080. The molecule has 0 saturated heterocycles. The van der Waals surface area contributed by atoms with E-state index in [2.05, 4.69) is 5.32 Å². The highest BCUT2D eigenvalue weighted by Crippen LogP contribution is 2.32. The van der Waals surface area contributed by atoms with Crippen molar-refractivity contribution in [3.8, 4) is 0 Å². The van der Waals surface area contributed by atoms with Gasteiger partial charge in [-0.2, -0.15) is 0 Å². The monoisotopic (exact) mass is 341 g/mol. The summed E-state index contributed by atoms with van der Waals surface area (Å²) in [7, 11) is 0. The Balaban J connectivity index is 1.80. The number of ketones is 1. The van der Waals surface area contributed by atoms with Crippen LogP contribution in [0.4, 0.5) is 5.88 Å². The lowest BCUT2D eigenvalue weighted by atomic mass is 10.0. The Morgan fingerprint density at radius 3 is 1.96 bits per heavy atom. The molecule has 0 aliphatic rings. The average Bonchev–Trinajstić information content (AvgIpc) is 3.06. The third kappa shape index (κ3) is 2.89. The van der Waals surface area contributed by atoms with Gasteiger partial charge in [0.15, 0.2) is 5.78 Å². The van der Waals surface area contributed by atoms with Gasteiger partial charge in [-0.25, -0.2) is 0 Å². The minimum atomic E-state index is -0.327. The van der Waals surface area contributed by atoms with Gasteiger partial charge in [0.1, 0.15) is 5.58 Å². The Morgan fingerprint density at radius 2 is 1.27 bits per heavy atom. The fourth-order valence-corrected chi connectivity index (χ4v) is 2.86. The van der Waals surface area contributed by atoms with Crippen molar-refractivity contribution >= 4 is 28.5 Å². The molecule has 0 saturated carbocycles. The number of carbonyl (C=O) groups excluding carboxylic acids is 2. The largest absolute Gasteiger partial charge is 0.439 e. The first-order chi connectivity index (χ1) is 12.7. The van der Waals surface area contributed by atoms with Crippen molar-refractivity contribution in [1.29, 1.82) is 0 Å². The molecular weight excluding hydrogens is 326 g/mol. The Morgan fingerprint density at radius 1 is 0.692 bits per heavy atom. The van der Waals surface area contributed by atoms with Crippen LogP contribution in [0.1, 0.15) is 26.3 Å². The molecule has 26 heavy (non-hydrogen) atoms. The van der Waals surface area contributed by atoms with E-state index in [0.29, 0.717) is 27.7 Å². The molecule has 1 aromatic heterocycles. The average molecular weight is 341 g/mol. The van der Waals surface area contributed by atoms with Crippen LogP contribution in [0.15, 0.2) is 89.3 Å². The predicted octanol–water partition coefficient (Wildman–Crippen LogP) is 4.92. The Labute approximate surface area is 150 Å². The van der Waals surface area contributed by atoms with Crippen LogP contribution < -0.4 is 5.32 Å². The van der Waals surface area contributed by atoms with Crippen molar-refractivity contribution in [3.05, 3.63) is 102 Å². The predicted molar refractivity (Wildman–Crippen MR) is 100 cm³/mol. The molecule has 1 amide bonds. The highest BCUT2D eigenvalue weighted by Gasteiger charge is 2.23. The van der Waals surface area contributed by atoms with Gasteiger partial charge in [0.25, 0.3) is 5.91 Å². The lowest BCUT2D eigenvalue weighted by Crippen LogP contribution is -2.14. The van der Waals surface area contributed by atoms with Crippen molar-refractivity contribution in [2.45, 2.75) is 0 Å². The van der Waals surface area contributed by atoms with Crippen LogP contribution in [0.2, 0.25) is 0 Å². The third-order valence-electron chi connectivity index (χ3n) is 4.12. The molecule has 4 nitrogen and oxygen atoms in total. The maximum atomic E-state index is 13.0. The number of carbonyl (C=O) groups is 2. The molecular formula is C22H15NO3. The Kier molecular flexibility index (Phi) is 4.07. The van der Waals surface area contributed by atoms with Crippen molar-refractivity contribution in [3.63, 3.8) is 0 Å². The van der Waals surface area contributed by atoms with Crippen LogP contribution in [0.3, 0.4) is 0 Å². The molecule has 0 aliphatic carbocycles. The maximum Gasteiger partial charge on any atom is 0.257 e. The summed E-state index contributed by atoms with van der Waals surface area (Å²) in [4.78, 5) is 25.6. The number of para-hydroxylation sites is 1. The number of hydrogen-bond acceptors (Lipinski definition) is 3. The summed E-state index contributed by atoms with van der Waals surface area (Å²) in [5.41, 5.74) is 1.94. The van der Waals surface area contributed by atoms with Gasteiger partial charge in [0.05, 0.1) is 5.56 Å². The molecule has 4 rings (SSSR count). The van der Waals surface area contributed by atoms with Gasteiger partial charge < -0.3 is 4.42 Å². The van der Waals surface area contributed by atoms with Gasteiger partial charge in [-0.15, -0.1) is 0 Å². The second-order valence-electron chi connectivity index (χ2n) is 5.82.